The van der Waals surface area contributed by atoms with Crippen molar-refractivity contribution in [2.75, 3.05) is 0 Å². The molecule has 0 aliphatic rings. The van der Waals surface area contributed by atoms with Gasteiger partial charge in [-0.15, -0.1) is 0 Å². The van der Waals surface area contributed by atoms with Crippen LogP contribution in [0.15, 0.2) is 101 Å². The smallest absolute Gasteiger partial charge is 0.300 e. The summed E-state index contributed by atoms with van der Waals surface area (Å²) in [5.41, 5.74) is 0.107. The van der Waals surface area contributed by atoms with Crippen LogP contribution in [-0.4, -0.2) is 27.0 Å². The van der Waals surface area contributed by atoms with E-state index >= 15 is 4.39 Å². The molecule has 0 heterocycles. The maximum absolute atomic E-state index is 17.2. The Morgan fingerprint density at radius 3 is 1.50 bits per heavy atom. The van der Waals surface area contributed by atoms with Crippen LogP contribution in [0.1, 0.15) is 31.2 Å². The van der Waals surface area contributed by atoms with E-state index in [0.717, 1.165) is 24.3 Å². The highest BCUT2D eigenvalue weighted by atomic mass is 32.3. The molecule has 1 unspecified atom stereocenters. The Balaban J connectivity index is 2.39. The fourth-order valence-corrected chi connectivity index (χ4v) is 8.13. The first-order valence-electron chi connectivity index (χ1n) is 10.0. The molecule has 0 saturated carbocycles. The van der Waals surface area contributed by atoms with Crippen LogP contribution in [0.4, 0.5) is 4.39 Å². The number of carbonyl (C=O) groups excluding carboxylic acids is 1. The number of carbonyl (C=O) groups is 1. The van der Waals surface area contributed by atoms with Crippen molar-refractivity contribution in [2.45, 2.75) is 39.8 Å². The number of alkyl halides is 1. The maximum Gasteiger partial charge on any atom is 0.324 e. The average molecular weight is 475 g/mol. The first kappa shape index (κ1) is 23.8. The fraction of sp³-hybridized carbons (Fsp3) is 0.208. The number of halogens is 1. The first-order valence-corrected chi connectivity index (χ1v) is 13.0. The van der Waals surface area contributed by atoms with Crippen LogP contribution in [0, 0.1) is 0 Å². The summed E-state index contributed by atoms with van der Waals surface area (Å²) >= 11 is 0. The first-order chi connectivity index (χ1) is 15.2. The molecule has 32 heavy (non-hydrogen) atoms. The fourth-order valence-electron chi connectivity index (χ4n) is 3.54. The third kappa shape index (κ3) is 4.12. The summed E-state index contributed by atoms with van der Waals surface area (Å²) in [4.78, 5) is 11.5. The van der Waals surface area contributed by atoms with Crippen LogP contribution >= 0.6 is 0 Å². The van der Waals surface area contributed by atoms with Gasteiger partial charge in [-0.3, -0.25) is 4.79 Å². The van der Waals surface area contributed by atoms with Gasteiger partial charge >= 0.3 is 4.33 Å². The number of hydrogen-bond acceptors (Lipinski definition) is 5. The standard InChI is InChI=1S/C24H23FO5S2/c1-2-20(26)18-23(19-12-6-3-7-13-19)24(25,31(27,28)21-14-8-4-9-15-21)32(29,30)22-16-10-5-11-17-22/h3-17,23H,2,18H2,1H3. The second-order valence-electron chi connectivity index (χ2n) is 7.28. The third-order valence-corrected chi connectivity index (χ3v) is 10.4. The summed E-state index contributed by atoms with van der Waals surface area (Å²) in [5.74, 6) is -2.22. The van der Waals surface area contributed by atoms with Gasteiger partial charge in [0.25, 0.3) is 0 Å². The summed E-state index contributed by atoms with van der Waals surface area (Å²) in [6.07, 6.45) is -0.578. The van der Waals surface area contributed by atoms with Crippen molar-refractivity contribution in [3.05, 3.63) is 96.6 Å². The van der Waals surface area contributed by atoms with E-state index in [1.807, 2.05) is 0 Å². The number of benzene rings is 3. The normalized spacial score (nSPS) is 13.4. The van der Waals surface area contributed by atoms with E-state index in [1.54, 1.807) is 37.3 Å². The molecule has 0 bridgehead atoms. The van der Waals surface area contributed by atoms with E-state index in [-0.39, 0.29) is 12.0 Å². The second-order valence-corrected chi connectivity index (χ2v) is 11.7. The van der Waals surface area contributed by atoms with Gasteiger partial charge in [0.05, 0.1) is 15.7 Å². The van der Waals surface area contributed by atoms with E-state index < -0.39 is 51.9 Å². The van der Waals surface area contributed by atoms with E-state index in [0.29, 0.717) is 0 Å². The monoisotopic (exact) mass is 474 g/mol. The van der Waals surface area contributed by atoms with Gasteiger partial charge in [-0.1, -0.05) is 73.7 Å². The number of Topliss-reactive ketones (excluding diaryl/α,β-unsaturated/α-hetero) is 1. The largest absolute Gasteiger partial charge is 0.324 e. The van der Waals surface area contributed by atoms with Crippen molar-refractivity contribution in [3.8, 4) is 0 Å². The molecule has 0 fully saturated rings. The Morgan fingerprint density at radius 2 is 1.12 bits per heavy atom. The molecular weight excluding hydrogens is 451 g/mol. The Labute approximate surface area is 187 Å². The highest BCUT2D eigenvalue weighted by molar-refractivity contribution is 8.10. The van der Waals surface area contributed by atoms with Crippen molar-refractivity contribution < 1.29 is 26.0 Å². The molecule has 0 aliphatic carbocycles. The Bertz CT molecular complexity index is 1200. The molecule has 168 valence electrons. The molecule has 0 N–H and O–H groups in total. The van der Waals surface area contributed by atoms with Crippen molar-refractivity contribution in [1.82, 2.24) is 0 Å². The zero-order valence-electron chi connectivity index (χ0n) is 17.4. The maximum atomic E-state index is 17.2. The predicted octanol–water partition coefficient (Wildman–Crippen LogP) is 4.71. The minimum atomic E-state index is -5.11. The van der Waals surface area contributed by atoms with Gasteiger partial charge in [0.1, 0.15) is 5.78 Å². The predicted molar refractivity (Wildman–Crippen MR) is 120 cm³/mol. The molecule has 0 aromatic heterocycles. The van der Waals surface area contributed by atoms with E-state index in [4.69, 9.17) is 0 Å². The Kier molecular flexibility index (Phi) is 6.95. The molecule has 0 saturated heterocycles. The highest BCUT2D eigenvalue weighted by Crippen LogP contribution is 2.48. The molecule has 5 nitrogen and oxygen atoms in total. The lowest BCUT2D eigenvalue weighted by molar-refractivity contribution is -0.119. The lowest BCUT2D eigenvalue weighted by Gasteiger charge is -2.33. The lowest BCUT2D eigenvalue weighted by Crippen LogP contribution is -2.48. The van der Waals surface area contributed by atoms with Crippen LogP contribution in [0.5, 0.6) is 0 Å². The summed E-state index contributed by atoms with van der Waals surface area (Å²) < 4.78 is 68.2. The van der Waals surface area contributed by atoms with Gasteiger partial charge in [-0.05, 0) is 29.8 Å². The van der Waals surface area contributed by atoms with E-state index in [1.165, 1.54) is 36.4 Å². The van der Waals surface area contributed by atoms with E-state index in [9.17, 15) is 21.6 Å². The van der Waals surface area contributed by atoms with Crippen molar-refractivity contribution in [1.29, 1.82) is 0 Å². The zero-order valence-corrected chi connectivity index (χ0v) is 19.0. The van der Waals surface area contributed by atoms with Gasteiger partial charge in [-0.25, -0.2) is 21.2 Å². The SMILES string of the molecule is CCC(=O)CC(c1ccccc1)C(F)(S(=O)(=O)c1ccccc1)S(=O)(=O)c1ccccc1. The molecule has 0 amide bonds. The van der Waals surface area contributed by atoms with E-state index in [2.05, 4.69) is 0 Å². The van der Waals surface area contributed by atoms with Crippen molar-refractivity contribution in [2.24, 2.45) is 0 Å². The molecule has 8 heteroatoms. The van der Waals surface area contributed by atoms with Gasteiger partial charge in [0.15, 0.2) is 0 Å². The van der Waals surface area contributed by atoms with Gasteiger partial charge in [0.2, 0.25) is 19.7 Å². The van der Waals surface area contributed by atoms with Gasteiger partial charge in [0, 0.05) is 12.8 Å². The van der Waals surface area contributed by atoms with Crippen LogP contribution in [0.3, 0.4) is 0 Å². The van der Waals surface area contributed by atoms with Crippen molar-refractivity contribution in [3.63, 3.8) is 0 Å². The van der Waals surface area contributed by atoms with Crippen LogP contribution in [0.2, 0.25) is 0 Å². The average Bonchev–Trinajstić information content (AvgIpc) is 2.83. The van der Waals surface area contributed by atoms with Gasteiger partial charge in [-0.2, -0.15) is 0 Å². The quantitative estimate of drug-likeness (QED) is 0.448. The third-order valence-electron chi connectivity index (χ3n) is 5.28. The number of hydrogen-bond donors (Lipinski definition) is 0. The van der Waals surface area contributed by atoms with Crippen molar-refractivity contribution >= 4 is 25.5 Å². The summed E-state index contributed by atoms with van der Waals surface area (Å²) in [6, 6.07) is 20.8. The number of sulfone groups is 2. The van der Waals surface area contributed by atoms with Crippen LogP contribution in [-0.2, 0) is 24.5 Å². The second kappa shape index (κ2) is 9.34. The molecule has 0 radical (unpaired) electrons. The number of rotatable bonds is 9. The minimum absolute atomic E-state index is 0.0101. The highest BCUT2D eigenvalue weighted by Gasteiger charge is 2.63. The molecular formula is C24H23FO5S2. The zero-order chi connectivity index (χ0) is 23.4. The topological polar surface area (TPSA) is 85.3 Å². The lowest BCUT2D eigenvalue weighted by atomic mass is 9.94. The van der Waals surface area contributed by atoms with Gasteiger partial charge < -0.3 is 0 Å². The summed E-state index contributed by atoms with van der Waals surface area (Å²) in [7, 11) is -10.2. The Hall–Kier alpha value is -2.84. The Morgan fingerprint density at radius 1 is 0.750 bits per heavy atom. The van der Waals surface area contributed by atoms with Crippen LogP contribution < -0.4 is 0 Å². The minimum Gasteiger partial charge on any atom is -0.300 e. The van der Waals surface area contributed by atoms with Crippen LogP contribution in [0.25, 0.3) is 0 Å². The molecule has 1 atom stereocenters. The molecule has 0 spiro atoms. The summed E-state index contributed by atoms with van der Waals surface area (Å²) in [5, 5.41) is 0. The summed E-state index contributed by atoms with van der Waals surface area (Å²) in [6.45, 7) is 1.56. The molecule has 3 rings (SSSR count). The number of ketones is 1. The molecule has 0 aliphatic heterocycles. The molecule has 3 aromatic carbocycles. The molecule has 3 aromatic rings.